The van der Waals surface area contributed by atoms with E-state index in [0.717, 1.165) is 26.2 Å². The maximum absolute atomic E-state index is 12.4. The van der Waals surface area contributed by atoms with Gasteiger partial charge in [0.05, 0.1) is 5.69 Å². The SMILES string of the molecule is Cc1cccc(N2CCN(C(=O)c3sccc3N)CC2)c1. The number of piperazine rings is 1. The number of carbonyl (C=O) groups is 1. The zero-order valence-corrected chi connectivity index (χ0v) is 12.9. The van der Waals surface area contributed by atoms with Crippen LogP contribution >= 0.6 is 11.3 Å². The first-order chi connectivity index (χ1) is 10.1. The number of hydrogen-bond acceptors (Lipinski definition) is 4. The van der Waals surface area contributed by atoms with Crippen LogP contribution in [0.25, 0.3) is 0 Å². The average Bonchev–Trinajstić information content (AvgIpc) is 2.93. The molecular formula is C16H19N3OS. The first-order valence-corrected chi connectivity index (χ1v) is 7.97. The summed E-state index contributed by atoms with van der Waals surface area (Å²) in [5.41, 5.74) is 8.92. The van der Waals surface area contributed by atoms with Crippen LogP contribution in [0.5, 0.6) is 0 Å². The highest BCUT2D eigenvalue weighted by Crippen LogP contribution is 2.23. The van der Waals surface area contributed by atoms with Gasteiger partial charge in [-0.05, 0) is 36.1 Å². The fraction of sp³-hybridized carbons (Fsp3) is 0.312. The van der Waals surface area contributed by atoms with Crippen LogP contribution in [-0.4, -0.2) is 37.0 Å². The number of carbonyl (C=O) groups excluding carboxylic acids is 1. The van der Waals surface area contributed by atoms with Crippen LogP contribution in [0, 0.1) is 6.92 Å². The lowest BCUT2D eigenvalue weighted by Gasteiger charge is -2.36. The molecule has 2 heterocycles. The molecule has 1 aliphatic rings. The molecule has 1 fully saturated rings. The van der Waals surface area contributed by atoms with Gasteiger partial charge in [0.25, 0.3) is 5.91 Å². The summed E-state index contributed by atoms with van der Waals surface area (Å²) < 4.78 is 0. The number of nitrogen functional groups attached to an aromatic ring is 1. The summed E-state index contributed by atoms with van der Waals surface area (Å²) in [7, 11) is 0. The third-order valence-corrected chi connectivity index (χ3v) is 4.74. The Kier molecular flexibility index (Phi) is 3.84. The van der Waals surface area contributed by atoms with Gasteiger partial charge in [-0.15, -0.1) is 11.3 Å². The van der Waals surface area contributed by atoms with E-state index in [0.29, 0.717) is 10.6 Å². The molecule has 0 radical (unpaired) electrons. The van der Waals surface area contributed by atoms with E-state index in [1.807, 2.05) is 10.3 Å². The van der Waals surface area contributed by atoms with Gasteiger partial charge < -0.3 is 15.5 Å². The Balaban J connectivity index is 1.65. The lowest BCUT2D eigenvalue weighted by molar-refractivity contribution is 0.0752. The molecule has 21 heavy (non-hydrogen) atoms. The van der Waals surface area contributed by atoms with Crippen molar-refractivity contribution in [1.82, 2.24) is 4.90 Å². The van der Waals surface area contributed by atoms with Gasteiger partial charge in [0, 0.05) is 31.9 Å². The number of benzene rings is 1. The van der Waals surface area contributed by atoms with Gasteiger partial charge in [-0.1, -0.05) is 12.1 Å². The monoisotopic (exact) mass is 301 g/mol. The third kappa shape index (κ3) is 2.88. The van der Waals surface area contributed by atoms with E-state index in [9.17, 15) is 4.79 Å². The van der Waals surface area contributed by atoms with Crippen LogP contribution in [0.2, 0.25) is 0 Å². The summed E-state index contributed by atoms with van der Waals surface area (Å²) in [5, 5.41) is 1.87. The number of nitrogens with zero attached hydrogens (tertiary/aromatic N) is 2. The van der Waals surface area contributed by atoms with Crippen LogP contribution in [0.15, 0.2) is 35.7 Å². The normalized spacial score (nSPS) is 15.3. The lowest BCUT2D eigenvalue weighted by Crippen LogP contribution is -2.48. The topological polar surface area (TPSA) is 49.6 Å². The molecule has 3 rings (SSSR count). The number of hydrogen-bond donors (Lipinski definition) is 1. The molecule has 0 bridgehead atoms. The second-order valence-electron chi connectivity index (χ2n) is 5.32. The first kappa shape index (κ1) is 13.9. The summed E-state index contributed by atoms with van der Waals surface area (Å²) in [5.74, 6) is 0.0615. The predicted octanol–water partition coefficient (Wildman–Crippen LogP) is 2.60. The van der Waals surface area contributed by atoms with Crippen LogP contribution in [-0.2, 0) is 0 Å². The highest BCUT2D eigenvalue weighted by atomic mass is 32.1. The fourth-order valence-electron chi connectivity index (χ4n) is 2.63. The molecule has 2 N–H and O–H groups in total. The van der Waals surface area contributed by atoms with Crippen molar-refractivity contribution in [1.29, 1.82) is 0 Å². The summed E-state index contributed by atoms with van der Waals surface area (Å²) in [4.78, 5) is 17.3. The molecule has 1 aliphatic heterocycles. The predicted molar refractivity (Wildman–Crippen MR) is 88.0 cm³/mol. The van der Waals surface area contributed by atoms with E-state index in [1.54, 1.807) is 6.07 Å². The highest BCUT2D eigenvalue weighted by Gasteiger charge is 2.24. The number of thiophene rings is 1. The molecule has 1 aromatic carbocycles. The summed E-state index contributed by atoms with van der Waals surface area (Å²) in [6, 6.07) is 10.3. The van der Waals surface area contributed by atoms with Gasteiger partial charge in [-0.25, -0.2) is 0 Å². The van der Waals surface area contributed by atoms with Crippen molar-refractivity contribution in [2.75, 3.05) is 36.8 Å². The molecule has 4 nitrogen and oxygen atoms in total. The molecule has 110 valence electrons. The second-order valence-corrected chi connectivity index (χ2v) is 6.24. The standard InChI is InChI=1S/C16H19N3OS/c1-12-3-2-4-13(11-12)18-6-8-19(9-7-18)16(20)15-14(17)5-10-21-15/h2-5,10-11H,6-9,17H2,1H3. The molecule has 0 atom stereocenters. The average molecular weight is 301 g/mol. The summed E-state index contributed by atoms with van der Waals surface area (Å²) >= 11 is 1.42. The Hall–Kier alpha value is -2.01. The maximum atomic E-state index is 12.4. The minimum absolute atomic E-state index is 0.0615. The molecule has 1 saturated heterocycles. The van der Waals surface area contributed by atoms with Crippen LogP contribution in [0.1, 0.15) is 15.2 Å². The molecule has 0 aliphatic carbocycles. The zero-order valence-electron chi connectivity index (χ0n) is 12.1. The van der Waals surface area contributed by atoms with Crippen LogP contribution < -0.4 is 10.6 Å². The van der Waals surface area contributed by atoms with Crippen molar-refractivity contribution >= 4 is 28.6 Å². The quantitative estimate of drug-likeness (QED) is 0.927. The highest BCUT2D eigenvalue weighted by molar-refractivity contribution is 7.12. The van der Waals surface area contributed by atoms with E-state index in [2.05, 4.69) is 36.1 Å². The van der Waals surface area contributed by atoms with E-state index < -0.39 is 0 Å². The van der Waals surface area contributed by atoms with Crippen molar-refractivity contribution in [3.05, 3.63) is 46.2 Å². The van der Waals surface area contributed by atoms with E-state index in [1.165, 1.54) is 22.6 Å². The fourth-order valence-corrected chi connectivity index (χ4v) is 3.41. The van der Waals surface area contributed by atoms with Gasteiger partial charge in [-0.2, -0.15) is 0 Å². The zero-order chi connectivity index (χ0) is 14.8. The largest absolute Gasteiger partial charge is 0.397 e. The van der Waals surface area contributed by atoms with Crippen LogP contribution in [0.3, 0.4) is 0 Å². The lowest BCUT2D eigenvalue weighted by atomic mass is 10.2. The molecule has 0 unspecified atom stereocenters. The molecule has 2 aromatic rings. The minimum atomic E-state index is 0.0615. The Bertz CT molecular complexity index is 644. The number of aryl methyl sites for hydroxylation is 1. The van der Waals surface area contributed by atoms with E-state index in [-0.39, 0.29) is 5.91 Å². The number of nitrogens with two attached hydrogens (primary N) is 1. The summed E-state index contributed by atoms with van der Waals surface area (Å²) in [6.07, 6.45) is 0. The maximum Gasteiger partial charge on any atom is 0.266 e. The van der Waals surface area contributed by atoms with Crippen molar-refractivity contribution in [3.63, 3.8) is 0 Å². The molecule has 1 amide bonds. The summed E-state index contributed by atoms with van der Waals surface area (Å²) in [6.45, 7) is 5.30. The molecule has 0 saturated carbocycles. The number of amides is 1. The Morgan fingerprint density at radius 3 is 2.57 bits per heavy atom. The van der Waals surface area contributed by atoms with Crippen molar-refractivity contribution in [2.24, 2.45) is 0 Å². The smallest absolute Gasteiger partial charge is 0.266 e. The van der Waals surface area contributed by atoms with Gasteiger partial charge in [0.2, 0.25) is 0 Å². The van der Waals surface area contributed by atoms with Gasteiger partial charge >= 0.3 is 0 Å². The van der Waals surface area contributed by atoms with E-state index >= 15 is 0 Å². The van der Waals surface area contributed by atoms with E-state index in [4.69, 9.17) is 5.73 Å². The van der Waals surface area contributed by atoms with Gasteiger partial charge in [-0.3, -0.25) is 4.79 Å². The molecular weight excluding hydrogens is 282 g/mol. The van der Waals surface area contributed by atoms with Crippen molar-refractivity contribution in [2.45, 2.75) is 6.92 Å². The number of anilines is 2. The first-order valence-electron chi connectivity index (χ1n) is 7.09. The van der Waals surface area contributed by atoms with Crippen molar-refractivity contribution < 1.29 is 4.79 Å². The Morgan fingerprint density at radius 2 is 1.95 bits per heavy atom. The molecule has 1 aromatic heterocycles. The third-order valence-electron chi connectivity index (χ3n) is 3.82. The molecule has 5 heteroatoms. The van der Waals surface area contributed by atoms with Gasteiger partial charge in [0.1, 0.15) is 4.88 Å². The van der Waals surface area contributed by atoms with Crippen molar-refractivity contribution in [3.8, 4) is 0 Å². The Morgan fingerprint density at radius 1 is 1.19 bits per heavy atom. The minimum Gasteiger partial charge on any atom is -0.397 e. The van der Waals surface area contributed by atoms with Gasteiger partial charge in [0.15, 0.2) is 0 Å². The molecule has 0 spiro atoms. The second kappa shape index (κ2) is 5.77. The number of rotatable bonds is 2. The Labute approximate surface area is 128 Å². The van der Waals surface area contributed by atoms with Crippen LogP contribution in [0.4, 0.5) is 11.4 Å².